The van der Waals surface area contributed by atoms with Crippen LogP contribution in [0.15, 0.2) is 78.1 Å². The molecule has 1 unspecified atom stereocenters. The van der Waals surface area contributed by atoms with Crippen LogP contribution in [0, 0.1) is 0 Å². The van der Waals surface area contributed by atoms with E-state index in [0.29, 0.717) is 16.9 Å². The average molecular weight is 492 g/mol. The van der Waals surface area contributed by atoms with Gasteiger partial charge in [0.1, 0.15) is 23.1 Å². The van der Waals surface area contributed by atoms with Gasteiger partial charge in [0.2, 0.25) is 10.0 Å². The Kier molecular flexibility index (Phi) is 5.79. The van der Waals surface area contributed by atoms with Crippen molar-refractivity contribution in [1.29, 1.82) is 0 Å². The normalized spacial score (nSPS) is 16.9. The zero-order valence-electron chi connectivity index (χ0n) is 18.4. The van der Waals surface area contributed by atoms with E-state index in [1.807, 2.05) is 0 Å². The van der Waals surface area contributed by atoms with Crippen LogP contribution in [0.1, 0.15) is 0 Å². The molecule has 0 radical (unpaired) electrons. The molecule has 2 N–H and O–H groups in total. The van der Waals surface area contributed by atoms with Crippen LogP contribution < -0.4 is 4.90 Å². The average Bonchev–Trinajstić information content (AvgIpc) is 2.88. The van der Waals surface area contributed by atoms with Crippen LogP contribution in [-0.4, -0.2) is 69.5 Å². The maximum atomic E-state index is 13.4. The SMILES string of the molecule is O=C(O)C1CN(c2cnc3cnccc3n2)CCN1S(=O)(=O)c1ccc(-c2cccc(O)c2)cc1. The number of phenolic OH excluding ortho intramolecular Hbond substituents is 1. The van der Waals surface area contributed by atoms with Gasteiger partial charge in [-0.3, -0.25) is 9.78 Å². The molecule has 11 heteroatoms. The van der Waals surface area contributed by atoms with Crippen molar-refractivity contribution >= 4 is 32.8 Å². The number of rotatable bonds is 5. The second-order valence-electron chi connectivity index (χ2n) is 8.08. The van der Waals surface area contributed by atoms with Gasteiger partial charge in [-0.2, -0.15) is 4.31 Å². The molecule has 3 heterocycles. The molecule has 0 amide bonds. The van der Waals surface area contributed by atoms with E-state index in [-0.39, 0.29) is 30.3 Å². The van der Waals surface area contributed by atoms with Gasteiger partial charge in [0, 0.05) is 25.8 Å². The number of hydrogen-bond donors (Lipinski definition) is 2. The predicted molar refractivity (Wildman–Crippen MR) is 128 cm³/mol. The Morgan fingerprint density at radius 1 is 0.971 bits per heavy atom. The highest BCUT2D eigenvalue weighted by Gasteiger charge is 2.40. The van der Waals surface area contributed by atoms with E-state index in [0.717, 1.165) is 15.4 Å². The highest BCUT2D eigenvalue weighted by Crippen LogP contribution is 2.28. The highest BCUT2D eigenvalue weighted by molar-refractivity contribution is 7.89. The summed E-state index contributed by atoms with van der Waals surface area (Å²) in [5, 5.41) is 19.6. The monoisotopic (exact) mass is 491 g/mol. The van der Waals surface area contributed by atoms with Gasteiger partial charge < -0.3 is 15.1 Å². The first-order valence-electron chi connectivity index (χ1n) is 10.8. The molecule has 1 saturated heterocycles. The molecule has 0 bridgehead atoms. The maximum absolute atomic E-state index is 13.4. The standard InChI is InChI=1S/C24H21N5O5S/c30-18-3-1-2-17(12-18)16-4-6-19(7-5-16)35(33,34)29-11-10-28(15-22(29)24(31)32)23-14-26-21-13-25-9-8-20(21)27-23/h1-9,12-14,22,30H,10-11,15H2,(H,31,32). The number of nitrogens with zero attached hydrogens (tertiary/aromatic N) is 5. The smallest absolute Gasteiger partial charge is 0.323 e. The fraction of sp³-hybridized carbons (Fsp3) is 0.167. The maximum Gasteiger partial charge on any atom is 0.323 e. The molecule has 2 aromatic carbocycles. The van der Waals surface area contributed by atoms with Gasteiger partial charge in [-0.1, -0.05) is 24.3 Å². The van der Waals surface area contributed by atoms with Crippen LogP contribution in [0.2, 0.25) is 0 Å². The first-order valence-corrected chi connectivity index (χ1v) is 12.2. The van der Waals surface area contributed by atoms with Crippen LogP contribution in [0.4, 0.5) is 5.82 Å². The summed E-state index contributed by atoms with van der Waals surface area (Å²) in [6.07, 6.45) is 4.72. The Bertz CT molecular complexity index is 1510. The summed E-state index contributed by atoms with van der Waals surface area (Å²) >= 11 is 0. The Labute approximate surface area is 201 Å². The number of carboxylic acids is 1. The lowest BCUT2D eigenvalue weighted by Gasteiger charge is -2.38. The summed E-state index contributed by atoms with van der Waals surface area (Å²) in [5.74, 6) is -0.663. The quantitative estimate of drug-likeness (QED) is 0.431. The fourth-order valence-electron chi connectivity index (χ4n) is 4.11. The molecule has 2 aromatic heterocycles. The number of piperazine rings is 1. The number of aromatic hydroxyl groups is 1. The summed E-state index contributed by atoms with van der Waals surface area (Å²) < 4.78 is 27.8. The van der Waals surface area contributed by atoms with Crippen molar-refractivity contribution in [3.05, 3.63) is 73.2 Å². The topological polar surface area (TPSA) is 137 Å². The number of sulfonamides is 1. The first-order chi connectivity index (χ1) is 16.8. The lowest BCUT2D eigenvalue weighted by Crippen LogP contribution is -2.58. The summed E-state index contributed by atoms with van der Waals surface area (Å²) in [5.41, 5.74) is 2.69. The van der Waals surface area contributed by atoms with E-state index < -0.39 is 22.0 Å². The number of phenols is 1. The number of hydrogen-bond acceptors (Lipinski definition) is 8. The zero-order valence-corrected chi connectivity index (χ0v) is 19.2. The number of aliphatic carboxylic acids is 1. The minimum absolute atomic E-state index is 0.000833. The fourth-order valence-corrected chi connectivity index (χ4v) is 5.67. The van der Waals surface area contributed by atoms with E-state index in [1.54, 1.807) is 59.8 Å². The van der Waals surface area contributed by atoms with Crippen LogP contribution in [0.3, 0.4) is 0 Å². The molecule has 178 valence electrons. The summed E-state index contributed by atoms with van der Waals surface area (Å²) in [6.45, 7) is 0.167. The lowest BCUT2D eigenvalue weighted by molar-refractivity contribution is -0.141. The Morgan fingerprint density at radius 2 is 1.77 bits per heavy atom. The highest BCUT2D eigenvalue weighted by atomic mass is 32.2. The minimum Gasteiger partial charge on any atom is -0.508 e. The second kappa shape index (κ2) is 8.93. The third kappa shape index (κ3) is 4.38. The summed E-state index contributed by atoms with van der Waals surface area (Å²) in [7, 11) is -4.07. The molecule has 1 aliphatic rings. The third-order valence-corrected chi connectivity index (χ3v) is 7.83. The molecule has 0 saturated carbocycles. The van der Waals surface area contributed by atoms with Crippen LogP contribution in [0.25, 0.3) is 22.2 Å². The Balaban J connectivity index is 1.40. The van der Waals surface area contributed by atoms with Crippen molar-refractivity contribution in [2.24, 2.45) is 0 Å². The number of carbonyl (C=O) groups is 1. The first kappa shape index (κ1) is 22.7. The number of anilines is 1. The number of carboxylic acid groups (broad SMARTS) is 1. The van der Waals surface area contributed by atoms with Gasteiger partial charge in [-0.15, -0.1) is 0 Å². The Morgan fingerprint density at radius 3 is 2.51 bits per heavy atom. The van der Waals surface area contributed by atoms with Crippen molar-refractivity contribution in [3.8, 4) is 16.9 Å². The Hall–Kier alpha value is -4.09. The molecule has 10 nitrogen and oxygen atoms in total. The van der Waals surface area contributed by atoms with E-state index in [2.05, 4.69) is 15.0 Å². The van der Waals surface area contributed by atoms with Crippen LogP contribution in [0.5, 0.6) is 5.75 Å². The molecule has 35 heavy (non-hydrogen) atoms. The molecular formula is C24H21N5O5S. The summed E-state index contributed by atoms with van der Waals surface area (Å²) in [4.78, 5) is 26.7. The van der Waals surface area contributed by atoms with E-state index in [9.17, 15) is 23.4 Å². The molecule has 4 aromatic rings. The van der Waals surface area contributed by atoms with E-state index >= 15 is 0 Å². The molecule has 1 fully saturated rings. The van der Waals surface area contributed by atoms with Gasteiger partial charge in [0.25, 0.3) is 0 Å². The predicted octanol–water partition coefficient (Wildman–Crippen LogP) is 2.36. The molecule has 5 rings (SSSR count). The second-order valence-corrected chi connectivity index (χ2v) is 9.97. The van der Waals surface area contributed by atoms with Crippen LogP contribution >= 0.6 is 0 Å². The zero-order chi connectivity index (χ0) is 24.6. The van der Waals surface area contributed by atoms with Crippen molar-refractivity contribution in [1.82, 2.24) is 19.3 Å². The number of pyridine rings is 1. The number of benzene rings is 2. The van der Waals surface area contributed by atoms with Crippen molar-refractivity contribution in [2.45, 2.75) is 10.9 Å². The molecule has 1 atom stereocenters. The lowest BCUT2D eigenvalue weighted by atomic mass is 10.1. The van der Waals surface area contributed by atoms with E-state index in [4.69, 9.17) is 0 Å². The van der Waals surface area contributed by atoms with Gasteiger partial charge in [0.15, 0.2) is 0 Å². The van der Waals surface area contributed by atoms with E-state index in [1.165, 1.54) is 18.3 Å². The van der Waals surface area contributed by atoms with Crippen LogP contribution in [-0.2, 0) is 14.8 Å². The molecule has 1 aliphatic heterocycles. The summed E-state index contributed by atoms with van der Waals surface area (Å²) in [6, 6.07) is 13.2. The van der Waals surface area contributed by atoms with Crippen molar-refractivity contribution in [2.75, 3.05) is 24.5 Å². The molecular weight excluding hydrogens is 470 g/mol. The minimum atomic E-state index is -4.07. The third-order valence-electron chi connectivity index (χ3n) is 5.91. The van der Waals surface area contributed by atoms with Gasteiger partial charge >= 0.3 is 5.97 Å². The van der Waals surface area contributed by atoms with Crippen molar-refractivity contribution < 1.29 is 23.4 Å². The van der Waals surface area contributed by atoms with Crippen molar-refractivity contribution in [3.63, 3.8) is 0 Å². The van der Waals surface area contributed by atoms with Gasteiger partial charge in [0.05, 0.1) is 22.8 Å². The number of aromatic nitrogens is 3. The van der Waals surface area contributed by atoms with Gasteiger partial charge in [-0.05, 0) is 41.5 Å². The number of fused-ring (bicyclic) bond motifs is 1. The molecule has 0 spiro atoms. The largest absolute Gasteiger partial charge is 0.508 e. The molecule has 0 aliphatic carbocycles. The van der Waals surface area contributed by atoms with Gasteiger partial charge in [-0.25, -0.2) is 18.4 Å².